The first-order valence-corrected chi connectivity index (χ1v) is 10.5. The average molecular weight is 445 g/mol. The van der Waals surface area contributed by atoms with Gasteiger partial charge in [0.1, 0.15) is 11.9 Å². The summed E-state index contributed by atoms with van der Waals surface area (Å²) in [5.74, 6) is 0.426. The fourth-order valence-corrected chi connectivity index (χ4v) is 3.17. The molecular formula is C22H23N9O2. The number of anilines is 3. The van der Waals surface area contributed by atoms with Gasteiger partial charge in [-0.15, -0.1) is 10.2 Å². The van der Waals surface area contributed by atoms with Crippen LogP contribution in [0.5, 0.6) is 0 Å². The van der Waals surface area contributed by atoms with Crippen molar-refractivity contribution in [3.63, 3.8) is 0 Å². The van der Waals surface area contributed by atoms with E-state index in [2.05, 4.69) is 41.4 Å². The molecule has 0 aliphatic carbocycles. The largest absolute Gasteiger partial charge is 0.380 e. The van der Waals surface area contributed by atoms with Gasteiger partial charge in [-0.1, -0.05) is 30.3 Å². The van der Waals surface area contributed by atoms with Crippen LogP contribution in [-0.4, -0.2) is 58.4 Å². The molecule has 0 bridgehead atoms. The van der Waals surface area contributed by atoms with E-state index in [0.29, 0.717) is 43.6 Å². The Morgan fingerprint density at radius 1 is 1.18 bits per heavy atom. The molecule has 1 amide bonds. The Bertz CT molecular complexity index is 1110. The third-order valence-electron chi connectivity index (χ3n) is 4.85. The summed E-state index contributed by atoms with van der Waals surface area (Å²) in [7, 11) is 0. The van der Waals surface area contributed by atoms with Gasteiger partial charge in [0.05, 0.1) is 30.8 Å². The fourth-order valence-electron chi connectivity index (χ4n) is 3.17. The van der Waals surface area contributed by atoms with Crippen LogP contribution in [0.1, 0.15) is 21.7 Å². The van der Waals surface area contributed by atoms with E-state index in [4.69, 9.17) is 10.00 Å². The van der Waals surface area contributed by atoms with E-state index in [1.54, 1.807) is 6.07 Å². The highest BCUT2D eigenvalue weighted by molar-refractivity contribution is 5.97. The predicted octanol–water partition coefficient (Wildman–Crippen LogP) is 1.21. The molecule has 0 spiro atoms. The maximum Gasteiger partial charge on any atom is 0.274 e. The van der Waals surface area contributed by atoms with Crippen molar-refractivity contribution in [3.05, 3.63) is 65.7 Å². The van der Waals surface area contributed by atoms with Crippen molar-refractivity contribution in [3.8, 4) is 6.07 Å². The molecular weight excluding hydrogens is 422 g/mol. The van der Waals surface area contributed by atoms with Crippen LogP contribution in [0.15, 0.2) is 48.8 Å². The Balaban J connectivity index is 1.50. The molecule has 1 aromatic carbocycles. The average Bonchev–Trinajstić information content (AvgIpc) is 2.88. The molecule has 4 N–H and O–H groups in total. The zero-order chi connectivity index (χ0) is 22.9. The van der Waals surface area contributed by atoms with Crippen LogP contribution in [0.2, 0.25) is 0 Å². The number of ether oxygens (including phenoxy) is 1. The third-order valence-corrected chi connectivity index (χ3v) is 4.85. The summed E-state index contributed by atoms with van der Waals surface area (Å²) < 4.78 is 5.73. The zero-order valence-electron chi connectivity index (χ0n) is 17.8. The van der Waals surface area contributed by atoms with Crippen LogP contribution in [0.4, 0.5) is 17.3 Å². The molecule has 0 saturated carbocycles. The maximum absolute atomic E-state index is 12.9. The number of nitrogens with one attached hydrogen (secondary N) is 4. The summed E-state index contributed by atoms with van der Waals surface area (Å²) in [4.78, 5) is 21.0. The minimum atomic E-state index is -0.346. The van der Waals surface area contributed by atoms with E-state index in [0.717, 1.165) is 12.1 Å². The summed E-state index contributed by atoms with van der Waals surface area (Å²) in [6, 6.07) is 13.2. The van der Waals surface area contributed by atoms with E-state index in [1.165, 1.54) is 12.4 Å². The van der Waals surface area contributed by atoms with Crippen molar-refractivity contribution in [2.75, 3.05) is 36.9 Å². The Labute approximate surface area is 190 Å². The lowest BCUT2D eigenvalue weighted by atomic mass is 10.2. The number of morpholine rings is 1. The predicted molar refractivity (Wildman–Crippen MR) is 121 cm³/mol. The van der Waals surface area contributed by atoms with Crippen molar-refractivity contribution in [2.45, 2.75) is 12.6 Å². The van der Waals surface area contributed by atoms with Crippen LogP contribution in [0.25, 0.3) is 0 Å². The SMILES string of the molecule is N#Cc1cnc(Nc2cc(NCC3CNCCO3)c(C(=O)NCc3ccccc3)nn2)cn1. The van der Waals surface area contributed by atoms with Crippen LogP contribution < -0.4 is 21.3 Å². The van der Waals surface area contributed by atoms with Crippen molar-refractivity contribution in [2.24, 2.45) is 0 Å². The molecule has 1 unspecified atom stereocenters. The zero-order valence-corrected chi connectivity index (χ0v) is 17.8. The van der Waals surface area contributed by atoms with Crippen LogP contribution >= 0.6 is 0 Å². The molecule has 1 fully saturated rings. The van der Waals surface area contributed by atoms with Gasteiger partial charge in [0.15, 0.2) is 17.2 Å². The first-order valence-electron chi connectivity index (χ1n) is 10.5. The second-order valence-electron chi connectivity index (χ2n) is 7.26. The van der Waals surface area contributed by atoms with Gasteiger partial charge in [0.2, 0.25) is 0 Å². The Hall–Kier alpha value is -4.14. The topological polar surface area (TPSA) is 150 Å². The van der Waals surface area contributed by atoms with Gasteiger partial charge in [0, 0.05) is 32.2 Å². The number of aromatic nitrogens is 4. The summed E-state index contributed by atoms with van der Waals surface area (Å²) >= 11 is 0. The van der Waals surface area contributed by atoms with E-state index >= 15 is 0 Å². The highest BCUT2D eigenvalue weighted by Gasteiger charge is 2.18. The number of rotatable bonds is 8. The third kappa shape index (κ3) is 6.19. The number of carbonyl (C=O) groups excluding carboxylic acids is 1. The number of hydrogen-bond donors (Lipinski definition) is 4. The second kappa shape index (κ2) is 10.9. The Morgan fingerprint density at radius 2 is 2.06 bits per heavy atom. The van der Waals surface area contributed by atoms with Crippen LogP contribution in [-0.2, 0) is 11.3 Å². The lowest BCUT2D eigenvalue weighted by molar-refractivity contribution is 0.0372. The van der Waals surface area contributed by atoms with E-state index < -0.39 is 0 Å². The van der Waals surface area contributed by atoms with Gasteiger partial charge in [-0.3, -0.25) is 4.79 Å². The van der Waals surface area contributed by atoms with Crippen LogP contribution in [0, 0.1) is 11.3 Å². The number of carbonyl (C=O) groups is 1. The summed E-state index contributed by atoms with van der Waals surface area (Å²) in [6.07, 6.45) is 2.75. The molecule has 4 rings (SSSR count). The van der Waals surface area contributed by atoms with E-state index in [9.17, 15) is 4.79 Å². The number of nitriles is 1. The molecule has 1 aliphatic rings. The first kappa shape index (κ1) is 22.1. The minimum Gasteiger partial charge on any atom is -0.380 e. The molecule has 1 aliphatic heterocycles. The molecule has 11 heteroatoms. The number of benzene rings is 1. The number of hydrogen-bond acceptors (Lipinski definition) is 10. The first-order chi connectivity index (χ1) is 16.2. The van der Waals surface area contributed by atoms with Crippen molar-refractivity contribution < 1.29 is 9.53 Å². The molecule has 168 valence electrons. The number of amides is 1. The smallest absolute Gasteiger partial charge is 0.274 e. The molecule has 33 heavy (non-hydrogen) atoms. The summed E-state index contributed by atoms with van der Waals surface area (Å²) in [5.41, 5.74) is 1.87. The van der Waals surface area contributed by atoms with E-state index in [-0.39, 0.29) is 23.4 Å². The Kier molecular flexibility index (Phi) is 7.32. The lowest BCUT2D eigenvalue weighted by Gasteiger charge is -2.24. The molecule has 2 aromatic heterocycles. The molecule has 1 atom stereocenters. The quantitative estimate of drug-likeness (QED) is 0.398. The second-order valence-corrected chi connectivity index (χ2v) is 7.26. The number of nitrogens with zero attached hydrogens (tertiary/aromatic N) is 5. The highest BCUT2D eigenvalue weighted by Crippen LogP contribution is 2.19. The van der Waals surface area contributed by atoms with Crippen molar-refractivity contribution in [1.82, 2.24) is 30.8 Å². The normalized spacial score (nSPS) is 15.3. The molecule has 1 saturated heterocycles. The molecule has 3 heterocycles. The van der Waals surface area contributed by atoms with Crippen LogP contribution in [0.3, 0.4) is 0 Å². The maximum atomic E-state index is 12.9. The highest BCUT2D eigenvalue weighted by atomic mass is 16.5. The standard InChI is InChI=1S/C22H23N9O2/c23-9-16-11-27-20(14-25-16)29-19-8-18(26-13-17-12-24-6-7-33-17)21(31-30-19)22(32)28-10-15-4-2-1-3-5-15/h1-5,8,11,14,17,24H,6-7,10,12-13H2,(H,28,32)(H2,26,27,29,30). The summed E-state index contributed by atoms with van der Waals surface area (Å²) in [5, 5.41) is 29.5. The van der Waals surface area contributed by atoms with Gasteiger partial charge in [-0.2, -0.15) is 5.26 Å². The van der Waals surface area contributed by atoms with Gasteiger partial charge < -0.3 is 26.0 Å². The Morgan fingerprint density at radius 3 is 2.79 bits per heavy atom. The molecule has 11 nitrogen and oxygen atoms in total. The van der Waals surface area contributed by atoms with Gasteiger partial charge in [-0.25, -0.2) is 9.97 Å². The lowest BCUT2D eigenvalue weighted by Crippen LogP contribution is -2.42. The summed E-state index contributed by atoms with van der Waals surface area (Å²) in [6.45, 7) is 3.04. The minimum absolute atomic E-state index is 0.0343. The fraction of sp³-hybridized carbons (Fsp3) is 0.273. The molecule has 3 aromatic rings. The van der Waals surface area contributed by atoms with Crippen molar-refractivity contribution >= 4 is 23.2 Å². The van der Waals surface area contributed by atoms with Gasteiger partial charge in [-0.05, 0) is 5.56 Å². The van der Waals surface area contributed by atoms with Crippen molar-refractivity contribution in [1.29, 1.82) is 5.26 Å². The monoisotopic (exact) mass is 445 g/mol. The molecule has 0 radical (unpaired) electrons. The van der Waals surface area contributed by atoms with Gasteiger partial charge >= 0.3 is 0 Å². The van der Waals surface area contributed by atoms with Gasteiger partial charge in [0.25, 0.3) is 5.91 Å². The van der Waals surface area contributed by atoms with E-state index in [1.807, 2.05) is 36.4 Å².